The van der Waals surface area contributed by atoms with Gasteiger partial charge in [-0.15, -0.1) is 10.2 Å². The van der Waals surface area contributed by atoms with Crippen LogP contribution in [-0.2, 0) is 13.1 Å². The molecule has 3 aromatic rings. The molecule has 1 aromatic carbocycles. The molecule has 0 radical (unpaired) electrons. The molecule has 4 rings (SSSR count). The Morgan fingerprint density at radius 1 is 1.13 bits per heavy atom. The van der Waals surface area contributed by atoms with E-state index in [1.54, 1.807) is 46.8 Å². The fourth-order valence-electron chi connectivity index (χ4n) is 2.70. The Labute approximate surface area is 137 Å². The van der Waals surface area contributed by atoms with Crippen LogP contribution in [0.3, 0.4) is 0 Å². The number of benzene rings is 1. The van der Waals surface area contributed by atoms with Gasteiger partial charge in [0.1, 0.15) is 12.7 Å². The van der Waals surface area contributed by atoms with E-state index >= 15 is 0 Å². The number of imidazole rings is 1. The van der Waals surface area contributed by atoms with Gasteiger partial charge in [-0.05, 0) is 18.2 Å². The molecule has 0 bridgehead atoms. The van der Waals surface area contributed by atoms with Crippen LogP contribution in [0, 0.1) is 0 Å². The largest absolute Gasteiger partial charge is 0.331 e. The van der Waals surface area contributed by atoms with Crippen molar-refractivity contribution in [2.75, 3.05) is 6.54 Å². The second-order valence-electron chi connectivity index (χ2n) is 5.34. The molecule has 116 valence electrons. The van der Waals surface area contributed by atoms with E-state index in [0.29, 0.717) is 23.7 Å². The molecule has 0 N–H and O–H groups in total. The van der Waals surface area contributed by atoms with Crippen LogP contribution < -0.4 is 0 Å². The van der Waals surface area contributed by atoms with Crippen molar-refractivity contribution < 1.29 is 4.79 Å². The van der Waals surface area contributed by atoms with E-state index in [9.17, 15) is 4.79 Å². The maximum absolute atomic E-state index is 12.7. The third-order valence-corrected chi connectivity index (χ3v) is 4.26. The fraction of sp³-hybridized carbons (Fsp3) is 0.200. The number of halogens is 1. The van der Waals surface area contributed by atoms with Crippen LogP contribution in [0.2, 0.25) is 5.02 Å². The molecule has 7 nitrogen and oxygen atoms in total. The number of amides is 1. The van der Waals surface area contributed by atoms with Gasteiger partial charge in [0.2, 0.25) is 0 Å². The molecule has 0 fully saturated rings. The van der Waals surface area contributed by atoms with Gasteiger partial charge in [-0.2, -0.15) is 0 Å². The molecule has 0 saturated carbocycles. The summed E-state index contributed by atoms with van der Waals surface area (Å²) >= 11 is 6.32. The lowest BCUT2D eigenvalue weighted by Crippen LogP contribution is -2.38. The lowest BCUT2D eigenvalue weighted by atomic mass is 10.1. The Morgan fingerprint density at radius 3 is 2.74 bits per heavy atom. The maximum atomic E-state index is 12.7. The maximum Gasteiger partial charge on any atom is 0.255 e. The van der Waals surface area contributed by atoms with Crippen molar-refractivity contribution in [1.82, 2.24) is 29.2 Å². The second-order valence-corrected chi connectivity index (χ2v) is 5.75. The minimum absolute atomic E-state index is 0.0715. The van der Waals surface area contributed by atoms with Crippen LogP contribution in [0.15, 0.2) is 43.4 Å². The zero-order valence-electron chi connectivity index (χ0n) is 12.1. The van der Waals surface area contributed by atoms with Crippen molar-refractivity contribution >= 4 is 17.5 Å². The van der Waals surface area contributed by atoms with E-state index in [4.69, 9.17) is 11.6 Å². The molecule has 8 heteroatoms. The molecule has 3 heterocycles. The minimum Gasteiger partial charge on any atom is -0.331 e. The molecule has 0 atom stereocenters. The molecule has 0 unspecified atom stereocenters. The molecule has 1 aliphatic rings. The van der Waals surface area contributed by atoms with Crippen LogP contribution in [0.25, 0.3) is 5.69 Å². The number of carbonyl (C=O) groups excluding carboxylic acids is 1. The normalized spacial score (nSPS) is 13.9. The predicted molar refractivity (Wildman–Crippen MR) is 83.3 cm³/mol. The number of nitrogens with zero attached hydrogens (tertiary/aromatic N) is 6. The zero-order chi connectivity index (χ0) is 15.8. The minimum atomic E-state index is -0.0715. The first kappa shape index (κ1) is 14.0. The van der Waals surface area contributed by atoms with Crippen molar-refractivity contribution in [2.45, 2.75) is 13.1 Å². The molecule has 2 aromatic heterocycles. The Balaban J connectivity index is 1.59. The summed E-state index contributed by atoms with van der Waals surface area (Å²) in [7, 11) is 0. The first-order chi connectivity index (χ1) is 11.2. The summed E-state index contributed by atoms with van der Waals surface area (Å²) in [6, 6.07) is 5.31. The van der Waals surface area contributed by atoms with Crippen LogP contribution >= 0.6 is 11.6 Å². The molecule has 1 amide bonds. The Kier molecular flexibility index (Phi) is 3.34. The summed E-state index contributed by atoms with van der Waals surface area (Å²) in [4.78, 5) is 18.6. The summed E-state index contributed by atoms with van der Waals surface area (Å²) in [6.45, 7) is 1.94. The van der Waals surface area contributed by atoms with E-state index < -0.39 is 0 Å². The van der Waals surface area contributed by atoms with Gasteiger partial charge in [0.15, 0.2) is 0 Å². The number of fused-ring (bicyclic) bond motifs is 1. The second kappa shape index (κ2) is 5.51. The molecule has 0 aliphatic carbocycles. The van der Waals surface area contributed by atoms with Crippen LogP contribution in [0.4, 0.5) is 0 Å². The highest BCUT2D eigenvalue weighted by atomic mass is 35.5. The number of rotatable bonds is 2. The standard InChI is InChI=1S/C15H13ClN6O/c16-14-5-11(22-9-18-19-10-22)1-2-13(14)15(23)20-3-4-21-8-17-6-12(21)7-20/h1-2,5-6,8-10H,3-4,7H2. The zero-order valence-corrected chi connectivity index (χ0v) is 12.9. The van der Waals surface area contributed by atoms with Gasteiger partial charge in [-0.25, -0.2) is 4.98 Å². The van der Waals surface area contributed by atoms with Gasteiger partial charge >= 0.3 is 0 Å². The lowest BCUT2D eigenvalue weighted by molar-refractivity contribution is 0.0711. The molecule has 1 aliphatic heterocycles. The van der Waals surface area contributed by atoms with Crippen molar-refractivity contribution in [3.8, 4) is 5.69 Å². The average molecular weight is 329 g/mol. The smallest absolute Gasteiger partial charge is 0.255 e. The highest BCUT2D eigenvalue weighted by Gasteiger charge is 2.23. The van der Waals surface area contributed by atoms with Gasteiger partial charge < -0.3 is 9.47 Å². The SMILES string of the molecule is O=C(c1ccc(-n2cnnc2)cc1Cl)N1CCn2cncc2C1. The highest BCUT2D eigenvalue weighted by molar-refractivity contribution is 6.34. The van der Waals surface area contributed by atoms with Crippen LogP contribution in [0.1, 0.15) is 16.1 Å². The van der Waals surface area contributed by atoms with Gasteiger partial charge in [-0.3, -0.25) is 9.36 Å². The van der Waals surface area contributed by atoms with Crippen molar-refractivity contribution in [2.24, 2.45) is 0 Å². The summed E-state index contributed by atoms with van der Waals surface area (Å²) in [5.41, 5.74) is 2.34. The van der Waals surface area contributed by atoms with E-state index in [0.717, 1.165) is 17.9 Å². The molecule has 0 saturated heterocycles. The molecule has 23 heavy (non-hydrogen) atoms. The summed E-state index contributed by atoms with van der Waals surface area (Å²) in [5.74, 6) is -0.0715. The number of hydrogen-bond acceptors (Lipinski definition) is 4. The monoisotopic (exact) mass is 328 g/mol. The highest BCUT2D eigenvalue weighted by Crippen LogP contribution is 2.23. The van der Waals surface area contributed by atoms with Gasteiger partial charge in [-0.1, -0.05) is 11.6 Å². The van der Waals surface area contributed by atoms with E-state index in [-0.39, 0.29) is 5.91 Å². The Morgan fingerprint density at radius 2 is 1.96 bits per heavy atom. The van der Waals surface area contributed by atoms with E-state index in [1.165, 1.54) is 0 Å². The fourth-order valence-corrected chi connectivity index (χ4v) is 2.96. The Hall–Kier alpha value is -2.67. The van der Waals surface area contributed by atoms with Gasteiger partial charge in [0.25, 0.3) is 5.91 Å². The topological polar surface area (TPSA) is 68.8 Å². The third-order valence-electron chi connectivity index (χ3n) is 3.95. The summed E-state index contributed by atoms with van der Waals surface area (Å²) in [6.07, 6.45) is 6.74. The number of aromatic nitrogens is 5. The quantitative estimate of drug-likeness (QED) is 0.719. The third kappa shape index (κ3) is 2.49. The van der Waals surface area contributed by atoms with Crippen molar-refractivity contribution in [1.29, 1.82) is 0 Å². The number of hydrogen-bond donors (Lipinski definition) is 0. The predicted octanol–water partition coefficient (Wildman–Crippen LogP) is 1.77. The van der Waals surface area contributed by atoms with E-state index in [1.807, 2.05) is 6.07 Å². The van der Waals surface area contributed by atoms with E-state index in [2.05, 4.69) is 19.7 Å². The summed E-state index contributed by atoms with van der Waals surface area (Å²) in [5, 5.41) is 7.94. The number of carbonyl (C=O) groups is 1. The van der Waals surface area contributed by atoms with Crippen LogP contribution in [0.5, 0.6) is 0 Å². The van der Waals surface area contributed by atoms with Gasteiger partial charge in [0, 0.05) is 25.0 Å². The average Bonchev–Trinajstić information content (AvgIpc) is 3.24. The molecular formula is C15H13ClN6O. The van der Waals surface area contributed by atoms with Crippen LogP contribution in [-0.4, -0.2) is 41.7 Å². The Bertz CT molecular complexity index is 857. The first-order valence-electron chi connectivity index (χ1n) is 7.15. The molecular weight excluding hydrogens is 316 g/mol. The first-order valence-corrected chi connectivity index (χ1v) is 7.53. The lowest BCUT2D eigenvalue weighted by Gasteiger charge is -2.28. The summed E-state index contributed by atoms with van der Waals surface area (Å²) < 4.78 is 3.79. The van der Waals surface area contributed by atoms with Gasteiger partial charge in [0.05, 0.1) is 29.2 Å². The van der Waals surface area contributed by atoms with Crippen molar-refractivity contribution in [3.05, 3.63) is 59.7 Å². The van der Waals surface area contributed by atoms with Crippen molar-refractivity contribution in [3.63, 3.8) is 0 Å². The molecule has 0 spiro atoms.